The summed E-state index contributed by atoms with van der Waals surface area (Å²) in [6.45, 7) is 2.46. The average molecular weight is 342 g/mol. The van der Waals surface area contributed by atoms with Crippen molar-refractivity contribution in [2.75, 3.05) is 19.9 Å². The summed E-state index contributed by atoms with van der Waals surface area (Å²) in [7, 11) is 0. The van der Waals surface area contributed by atoms with E-state index in [1.165, 1.54) is 12.1 Å². The highest BCUT2D eigenvalue weighted by Gasteiger charge is 2.21. The fourth-order valence-electron chi connectivity index (χ4n) is 2.13. The van der Waals surface area contributed by atoms with Crippen molar-refractivity contribution in [2.24, 2.45) is 0 Å². The molecule has 1 N–H and O–H groups in total. The lowest BCUT2D eigenvalue weighted by Crippen LogP contribution is -2.29. The maximum atomic E-state index is 12.0. The van der Waals surface area contributed by atoms with E-state index in [0.717, 1.165) is 25.7 Å². The molecule has 1 aliphatic heterocycles. The van der Waals surface area contributed by atoms with Gasteiger partial charge in [0.15, 0.2) is 18.1 Å². The third-order valence-corrected chi connectivity index (χ3v) is 3.63. The first kappa shape index (κ1) is 17.4. The van der Waals surface area contributed by atoms with Crippen LogP contribution in [0.25, 0.3) is 0 Å². The summed E-state index contributed by atoms with van der Waals surface area (Å²) in [4.78, 5) is 23.6. The molecule has 0 saturated heterocycles. The van der Waals surface area contributed by atoms with Gasteiger partial charge in [-0.2, -0.15) is 0 Å². The normalized spacial score (nSPS) is 12.1. The Morgan fingerprint density at radius 1 is 1.26 bits per heavy atom. The first-order chi connectivity index (χ1) is 11.1. The Labute approximate surface area is 140 Å². The lowest BCUT2D eigenvalue weighted by Gasteiger charge is -2.07. The van der Waals surface area contributed by atoms with Crippen molar-refractivity contribution in [3.63, 3.8) is 0 Å². The molecule has 1 amide bonds. The quantitative estimate of drug-likeness (QED) is 0.581. The second-order valence-electron chi connectivity index (χ2n) is 5.18. The summed E-state index contributed by atoms with van der Waals surface area (Å²) in [5, 5.41) is 2.99. The number of amides is 1. The van der Waals surface area contributed by atoms with Gasteiger partial charge in [0.1, 0.15) is 0 Å². The molecule has 6 nitrogen and oxygen atoms in total. The molecule has 0 saturated carbocycles. The van der Waals surface area contributed by atoms with Crippen LogP contribution in [0.1, 0.15) is 43.0 Å². The summed E-state index contributed by atoms with van der Waals surface area (Å²) in [6.07, 6.45) is 4.29. The van der Waals surface area contributed by atoms with Gasteiger partial charge in [-0.15, -0.1) is 0 Å². The highest BCUT2D eigenvalue weighted by molar-refractivity contribution is 6.32. The molecule has 0 unspecified atom stereocenters. The van der Waals surface area contributed by atoms with Crippen molar-refractivity contribution in [1.29, 1.82) is 0 Å². The zero-order valence-corrected chi connectivity index (χ0v) is 13.8. The molecule has 1 aromatic rings. The van der Waals surface area contributed by atoms with Crippen LogP contribution in [0.2, 0.25) is 5.02 Å². The van der Waals surface area contributed by atoms with Crippen molar-refractivity contribution in [3.05, 3.63) is 22.7 Å². The standard InChI is InChI=1S/C16H20ClNO5/c1-2-3-4-5-6-18-14(19)9-21-16(20)11-7-12(17)15-13(8-11)22-10-23-15/h7-8H,2-6,9-10H2,1H3,(H,18,19). The highest BCUT2D eigenvalue weighted by atomic mass is 35.5. The van der Waals surface area contributed by atoms with Gasteiger partial charge in [-0.05, 0) is 18.6 Å². The lowest BCUT2D eigenvalue weighted by molar-refractivity contribution is -0.124. The number of hydrogen-bond acceptors (Lipinski definition) is 5. The van der Waals surface area contributed by atoms with Crippen LogP contribution in [0, 0.1) is 0 Å². The second-order valence-corrected chi connectivity index (χ2v) is 5.59. The van der Waals surface area contributed by atoms with E-state index in [1.807, 2.05) is 0 Å². The topological polar surface area (TPSA) is 73.9 Å². The zero-order valence-electron chi connectivity index (χ0n) is 13.0. The average Bonchev–Trinajstić information content (AvgIpc) is 3.01. The molecule has 0 atom stereocenters. The fourth-order valence-corrected chi connectivity index (χ4v) is 2.40. The van der Waals surface area contributed by atoms with Gasteiger partial charge in [0.25, 0.3) is 5.91 Å². The van der Waals surface area contributed by atoms with Gasteiger partial charge >= 0.3 is 5.97 Å². The fraction of sp³-hybridized carbons (Fsp3) is 0.500. The molecule has 1 aliphatic rings. The molecule has 1 heterocycles. The van der Waals surface area contributed by atoms with Crippen LogP contribution in [0.3, 0.4) is 0 Å². The Kier molecular flexibility index (Phi) is 6.52. The Bertz CT molecular complexity index is 576. The van der Waals surface area contributed by atoms with Crippen molar-refractivity contribution in [1.82, 2.24) is 5.32 Å². The smallest absolute Gasteiger partial charge is 0.338 e. The van der Waals surface area contributed by atoms with Crippen LogP contribution in [0.4, 0.5) is 0 Å². The Hall–Kier alpha value is -1.95. The summed E-state index contributed by atoms with van der Waals surface area (Å²) >= 11 is 6.00. The number of rotatable bonds is 8. The second kappa shape index (κ2) is 8.62. The predicted molar refractivity (Wildman–Crippen MR) is 85.0 cm³/mol. The van der Waals surface area contributed by atoms with E-state index in [4.69, 9.17) is 25.8 Å². The van der Waals surface area contributed by atoms with E-state index in [2.05, 4.69) is 12.2 Å². The number of esters is 1. The summed E-state index contributed by atoms with van der Waals surface area (Å²) in [5.41, 5.74) is 0.218. The van der Waals surface area contributed by atoms with Gasteiger partial charge in [-0.3, -0.25) is 4.79 Å². The maximum absolute atomic E-state index is 12.0. The van der Waals surface area contributed by atoms with E-state index < -0.39 is 5.97 Å². The number of carbonyl (C=O) groups excluding carboxylic acids is 2. The van der Waals surface area contributed by atoms with Crippen LogP contribution >= 0.6 is 11.6 Å². The predicted octanol–water partition coefficient (Wildman–Crippen LogP) is 2.92. The third kappa shape index (κ3) is 5.03. The van der Waals surface area contributed by atoms with Crippen LogP contribution in [-0.2, 0) is 9.53 Å². The molecule has 0 fully saturated rings. The first-order valence-electron chi connectivity index (χ1n) is 7.64. The largest absolute Gasteiger partial charge is 0.454 e. The van der Waals surface area contributed by atoms with Crippen LogP contribution < -0.4 is 14.8 Å². The number of unbranched alkanes of at least 4 members (excludes halogenated alkanes) is 3. The molecule has 23 heavy (non-hydrogen) atoms. The Morgan fingerprint density at radius 3 is 2.87 bits per heavy atom. The van der Waals surface area contributed by atoms with Crippen molar-refractivity contribution in [2.45, 2.75) is 32.6 Å². The number of nitrogens with one attached hydrogen (secondary N) is 1. The minimum absolute atomic E-state index is 0.0635. The van der Waals surface area contributed by atoms with Crippen LogP contribution in [-0.4, -0.2) is 31.8 Å². The molecule has 0 radical (unpaired) electrons. The van der Waals surface area contributed by atoms with E-state index in [-0.39, 0.29) is 29.9 Å². The first-order valence-corrected chi connectivity index (χ1v) is 8.02. The van der Waals surface area contributed by atoms with E-state index in [1.54, 1.807) is 0 Å². The van der Waals surface area contributed by atoms with Crippen molar-refractivity contribution in [3.8, 4) is 11.5 Å². The number of halogens is 1. The Morgan fingerprint density at radius 2 is 2.09 bits per heavy atom. The van der Waals surface area contributed by atoms with Crippen molar-refractivity contribution >= 4 is 23.5 Å². The number of fused-ring (bicyclic) bond motifs is 1. The highest BCUT2D eigenvalue weighted by Crippen LogP contribution is 2.39. The van der Waals surface area contributed by atoms with Crippen LogP contribution in [0.5, 0.6) is 11.5 Å². The molecule has 0 aromatic heterocycles. The molecular formula is C16H20ClNO5. The zero-order chi connectivity index (χ0) is 16.7. The summed E-state index contributed by atoms with van der Waals surface area (Å²) < 4.78 is 15.3. The van der Waals surface area contributed by atoms with E-state index in [9.17, 15) is 9.59 Å². The van der Waals surface area contributed by atoms with Gasteiger partial charge in [0.2, 0.25) is 6.79 Å². The third-order valence-electron chi connectivity index (χ3n) is 3.35. The SMILES string of the molecule is CCCCCCNC(=O)COC(=O)c1cc(Cl)c2c(c1)OCO2. The van der Waals surface area contributed by atoms with Gasteiger partial charge in [-0.25, -0.2) is 4.79 Å². The molecule has 0 aliphatic carbocycles. The van der Waals surface area contributed by atoms with Gasteiger partial charge in [0.05, 0.1) is 10.6 Å². The monoisotopic (exact) mass is 341 g/mol. The summed E-state index contributed by atoms with van der Waals surface area (Å²) in [5.74, 6) is -0.147. The van der Waals surface area contributed by atoms with E-state index in [0.29, 0.717) is 18.0 Å². The lowest BCUT2D eigenvalue weighted by atomic mass is 10.2. The van der Waals surface area contributed by atoms with Crippen LogP contribution in [0.15, 0.2) is 12.1 Å². The molecule has 1 aromatic carbocycles. The molecule has 2 rings (SSSR count). The summed E-state index contributed by atoms with van der Waals surface area (Å²) in [6, 6.07) is 2.92. The number of carbonyl (C=O) groups is 2. The molecule has 0 spiro atoms. The van der Waals surface area contributed by atoms with Gasteiger partial charge in [-0.1, -0.05) is 37.8 Å². The molecule has 126 valence electrons. The minimum atomic E-state index is -0.633. The van der Waals surface area contributed by atoms with Crippen molar-refractivity contribution < 1.29 is 23.8 Å². The molecule has 0 bridgehead atoms. The van der Waals surface area contributed by atoms with E-state index >= 15 is 0 Å². The number of hydrogen-bond donors (Lipinski definition) is 1. The molecular weight excluding hydrogens is 322 g/mol. The Balaban J connectivity index is 1.77. The maximum Gasteiger partial charge on any atom is 0.338 e. The van der Waals surface area contributed by atoms with Gasteiger partial charge in [0, 0.05) is 6.54 Å². The van der Waals surface area contributed by atoms with Gasteiger partial charge < -0.3 is 19.5 Å². The number of benzene rings is 1. The number of ether oxygens (including phenoxy) is 3. The molecule has 7 heteroatoms. The minimum Gasteiger partial charge on any atom is -0.454 e.